The molecule has 1 aliphatic rings. The van der Waals surface area contributed by atoms with Crippen LogP contribution in [-0.2, 0) is 18.4 Å². The number of rotatable bonds is 3. The van der Waals surface area contributed by atoms with E-state index in [9.17, 15) is 9.59 Å². The Morgan fingerprint density at radius 3 is 2.74 bits per heavy atom. The number of piperazine rings is 1. The Balaban J connectivity index is 1.43. The summed E-state index contributed by atoms with van der Waals surface area (Å²) < 4.78 is 2.88. The van der Waals surface area contributed by atoms with Crippen molar-refractivity contribution in [3.63, 3.8) is 0 Å². The van der Waals surface area contributed by atoms with E-state index in [-0.39, 0.29) is 18.0 Å². The number of hydrogen-bond acceptors (Lipinski definition) is 5. The number of aromatic nitrogens is 4. The van der Waals surface area contributed by atoms with Gasteiger partial charge in [0.05, 0.1) is 6.20 Å². The number of nitrogens with zero attached hydrogens (tertiary/aromatic N) is 6. The molecule has 0 unspecified atom stereocenters. The molecule has 0 atom stereocenters. The number of carbonyl (C=O) groups excluding carboxylic acids is 1. The standard InChI is InChI=1S/C18H19ClN6O2/c1-22-17-15(10-21-22)18(27)25(12-20-17)11-16(26)24-7-5-23(6-8-24)14-4-2-3-13(19)9-14/h2-4,9-10,12H,5-8,11H2,1H3. The van der Waals surface area contributed by atoms with Crippen LogP contribution in [0.5, 0.6) is 0 Å². The first-order valence-electron chi connectivity index (χ1n) is 8.68. The number of fused-ring (bicyclic) bond motifs is 1. The molecule has 1 saturated heterocycles. The molecule has 1 amide bonds. The van der Waals surface area contributed by atoms with Gasteiger partial charge in [-0.05, 0) is 18.2 Å². The van der Waals surface area contributed by atoms with Crippen LogP contribution in [0, 0.1) is 0 Å². The van der Waals surface area contributed by atoms with Crippen LogP contribution in [0.25, 0.3) is 11.0 Å². The molecule has 0 aliphatic carbocycles. The van der Waals surface area contributed by atoms with Crippen LogP contribution in [0.4, 0.5) is 5.69 Å². The molecule has 3 aromatic rings. The Kier molecular flexibility index (Phi) is 4.57. The molecule has 0 N–H and O–H groups in total. The molecule has 140 valence electrons. The first kappa shape index (κ1) is 17.5. The molecular formula is C18H19ClN6O2. The van der Waals surface area contributed by atoms with Crippen LogP contribution in [0.15, 0.2) is 41.6 Å². The summed E-state index contributed by atoms with van der Waals surface area (Å²) in [5, 5.41) is 5.15. The number of carbonyl (C=O) groups is 1. The lowest BCUT2D eigenvalue weighted by atomic mass is 10.2. The van der Waals surface area contributed by atoms with Gasteiger partial charge in [-0.15, -0.1) is 0 Å². The average molecular weight is 387 g/mol. The zero-order valence-electron chi connectivity index (χ0n) is 14.9. The third kappa shape index (κ3) is 3.40. The molecule has 0 bridgehead atoms. The van der Waals surface area contributed by atoms with Crippen molar-refractivity contribution in [1.29, 1.82) is 0 Å². The van der Waals surface area contributed by atoms with E-state index in [4.69, 9.17) is 11.6 Å². The van der Waals surface area contributed by atoms with Crippen molar-refractivity contribution in [2.24, 2.45) is 7.05 Å². The summed E-state index contributed by atoms with van der Waals surface area (Å²) >= 11 is 6.06. The highest BCUT2D eigenvalue weighted by molar-refractivity contribution is 6.30. The van der Waals surface area contributed by atoms with E-state index >= 15 is 0 Å². The maximum absolute atomic E-state index is 12.6. The van der Waals surface area contributed by atoms with Crippen LogP contribution < -0.4 is 10.5 Å². The highest BCUT2D eigenvalue weighted by Gasteiger charge is 2.22. The minimum Gasteiger partial charge on any atom is -0.368 e. The predicted octanol–water partition coefficient (Wildman–Crippen LogP) is 1.13. The normalized spacial score (nSPS) is 14.7. The molecule has 9 heteroatoms. The second-order valence-electron chi connectivity index (χ2n) is 6.53. The third-order valence-corrected chi connectivity index (χ3v) is 5.06. The molecule has 1 aromatic carbocycles. The van der Waals surface area contributed by atoms with Gasteiger partial charge < -0.3 is 9.80 Å². The largest absolute Gasteiger partial charge is 0.368 e. The van der Waals surface area contributed by atoms with Gasteiger partial charge in [0.15, 0.2) is 5.65 Å². The Labute approximate surface area is 160 Å². The monoisotopic (exact) mass is 386 g/mol. The van der Waals surface area contributed by atoms with E-state index in [1.54, 1.807) is 11.9 Å². The molecule has 0 spiro atoms. The third-order valence-electron chi connectivity index (χ3n) is 4.83. The van der Waals surface area contributed by atoms with Gasteiger partial charge >= 0.3 is 0 Å². The summed E-state index contributed by atoms with van der Waals surface area (Å²) in [6.45, 7) is 2.63. The predicted molar refractivity (Wildman–Crippen MR) is 103 cm³/mol. The summed E-state index contributed by atoms with van der Waals surface area (Å²) in [5.41, 5.74) is 1.31. The summed E-state index contributed by atoms with van der Waals surface area (Å²) in [6.07, 6.45) is 2.89. The molecule has 0 saturated carbocycles. The van der Waals surface area contributed by atoms with Crippen molar-refractivity contribution in [1.82, 2.24) is 24.2 Å². The summed E-state index contributed by atoms with van der Waals surface area (Å²) in [7, 11) is 1.73. The van der Waals surface area contributed by atoms with Gasteiger partial charge in [0.25, 0.3) is 5.56 Å². The Bertz CT molecular complexity index is 1050. The van der Waals surface area contributed by atoms with Crippen molar-refractivity contribution in [2.75, 3.05) is 31.1 Å². The van der Waals surface area contributed by atoms with E-state index in [0.29, 0.717) is 29.1 Å². The summed E-state index contributed by atoms with van der Waals surface area (Å²) in [6, 6.07) is 7.70. The molecule has 2 aromatic heterocycles. The van der Waals surface area contributed by atoms with Gasteiger partial charge in [-0.3, -0.25) is 18.8 Å². The first-order valence-corrected chi connectivity index (χ1v) is 9.06. The first-order chi connectivity index (χ1) is 13.0. The smallest absolute Gasteiger partial charge is 0.264 e. The SMILES string of the molecule is Cn1ncc2c(=O)n(CC(=O)N3CCN(c4cccc(Cl)c4)CC3)cnc21. The summed E-state index contributed by atoms with van der Waals surface area (Å²) in [4.78, 5) is 33.4. The summed E-state index contributed by atoms with van der Waals surface area (Å²) in [5.74, 6) is -0.0899. The zero-order chi connectivity index (χ0) is 19.0. The van der Waals surface area contributed by atoms with Gasteiger partial charge in [0.1, 0.15) is 18.3 Å². The van der Waals surface area contributed by atoms with E-state index in [0.717, 1.165) is 18.8 Å². The molecule has 4 rings (SSSR count). The fraction of sp³-hybridized carbons (Fsp3) is 0.333. The lowest BCUT2D eigenvalue weighted by molar-refractivity contribution is -0.132. The Morgan fingerprint density at radius 1 is 1.22 bits per heavy atom. The van der Waals surface area contributed by atoms with Crippen LogP contribution in [0.1, 0.15) is 0 Å². The second kappa shape index (κ2) is 7.03. The van der Waals surface area contributed by atoms with Crippen LogP contribution in [-0.4, -0.2) is 56.3 Å². The number of aryl methyl sites for hydroxylation is 1. The molecule has 3 heterocycles. The maximum Gasteiger partial charge on any atom is 0.264 e. The number of hydrogen-bond donors (Lipinski definition) is 0. The maximum atomic E-state index is 12.6. The molecule has 8 nitrogen and oxygen atoms in total. The second-order valence-corrected chi connectivity index (χ2v) is 6.97. The Morgan fingerprint density at radius 2 is 2.00 bits per heavy atom. The molecule has 1 fully saturated rings. The molecule has 0 radical (unpaired) electrons. The van der Waals surface area contributed by atoms with Crippen molar-refractivity contribution in [3.05, 3.63) is 52.2 Å². The van der Waals surface area contributed by atoms with Crippen molar-refractivity contribution >= 4 is 34.2 Å². The fourth-order valence-electron chi connectivity index (χ4n) is 3.31. The fourth-order valence-corrected chi connectivity index (χ4v) is 3.50. The zero-order valence-corrected chi connectivity index (χ0v) is 15.6. The van der Waals surface area contributed by atoms with Gasteiger partial charge in [0, 0.05) is 43.9 Å². The van der Waals surface area contributed by atoms with Gasteiger partial charge in [-0.25, -0.2) is 4.98 Å². The number of anilines is 1. The van der Waals surface area contributed by atoms with Crippen molar-refractivity contribution < 1.29 is 4.79 Å². The molecule has 27 heavy (non-hydrogen) atoms. The Hall–Kier alpha value is -2.87. The van der Waals surface area contributed by atoms with Crippen molar-refractivity contribution in [3.8, 4) is 0 Å². The quantitative estimate of drug-likeness (QED) is 0.674. The number of halogens is 1. The molecule has 1 aliphatic heterocycles. The highest BCUT2D eigenvalue weighted by Crippen LogP contribution is 2.20. The topological polar surface area (TPSA) is 76.3 Å². The van der Waals surface area contributed by atoms with Gasteiger partial charge in [0.2, 0.25) is 5.91 Å². The highest BCUT2D eigenvalue weighted by atomic mass is 35.5. The van der Waals surface area contributed by atoms with E-state index < -0.39 is 0 Å². The molecular weight excluding hydrogens is 368 g/mol. The minimum absolute atomic E-state index is 0.0200. The van der Waals surface area contributed by atoms with E-state index in [2.05, 4.69) is 15.0 Å². The van der Waals surface area contributed by atoms with E-state index in [1.165, 1.54) is 21.8 Å². The number of amides is 1. The number of benzene rings is 1. The van der Waals surface area contributed by atoms with Crippen LogP contribution >= 0.6 is 11.6 Å². The van der Waals surface area contributed by atoms with E-state index in [1.807, 2.05) is 24.3 Å². The van der Waals surface area contributed by atoms with Crippen LogP contribution in [0.2, 0.25) is 5.02 Å². The minimum atomic E-state index is -0.251. The van der Waals surface area contributed by atoms with Gasteiger partial charge in [-0.1, -0.05) is 17.7 Å². The van der Waals surface area contributed by atoms with Crippen LogP contribution in [0.3, 0.4) is 0 Å². The van der Waals surface area contributed by atoms with Crippen molar-refractivity contribution in [2.45, 2.75) is 6.54 Å². The average Bonchev–Trinajstić information content (AvgIpc) is 3.06. The lowest BCUT2D eigenvalue weighted by Gasteiger charge is -2.36. The van der Waals surface area contributed by atoms with Gasteiger partial charge in [-0.2, -0.15) is 5.10 Å². The lowest BCUT2D eigenvalue weighted by Crippen LogP contribution is -2.50.